The second-order valence-electron chi connectivity index (χ2n) is 6.85. The highest BCUT2D eigenvalue weighted by Crippen LogP contribution is 2.31. The lowest BCUT2D eigenvalue weighted by Crippen LogP contribution is -2.30. The van der Waals surface area contributed by atoms with Crippen molar-refractivity contribution in [3.63, 3.8) is 0 Å². The van der Waals surface area contributed by atoms with Gasteiger partial charge >= 0.3 is 0 Å². The minimum absolute atomic E-state index is 0.0937. The van der Waals surface area contributed by atoms with E-state index in [4.69, 9.17) is 0 Å². The van der Waals surface area contributed by atoms with Crippen LogP contribution in [0.15, 0.2) is 29.6 Å². The zero-order valence-corrected chi connectivity index (χ0v) is 15.5. The number of fused-ring (bicyclic) bond motifs is 1. The van der Waals surface area contributed by atoms with Crippen LogP contribution in [0.4, 0.5) is 0 Å². The Kier molecular flexibility index (Phi) is 5.04. The maximum atomic E-state index is 12.8. The first kappa shape index (κ1) is 17.2. The summed E-state index contributed by atoms with van der Waals surface area (Å²) >= 11 is 1.58. The number of nitrogens with zero attached hydrogens (tertiary/aromatic N) is 2. The number of thiophene rings is 1. The number of phenols is 1. The highest BCUT2D eigenvalue weighted by Gasteiger charge is 2.18. The number of rotatable bonds is 6. The fraction of sp³-hybridized carbons (Fsp3) is 0.400. The summed E-state index contributed by atoms with van der Waals surface area (Å²) in [5.74, 6) is 0.912. The van der Waals surface area contributed by atoms with Gasteiger partial charge in [-0.3, -0.25) is 4.79 Å². The lowest BCUT2D eigenvalue weighted by molar-refractivity contribution is 0.0974. The number of Topliss-reactive ketones (excluding diaryl/α,β-unsaturated/α-hetero) is 1. The predicted molar refractivity (Wildman–Crippen MR) is 105 cm³/mol. The Morgan fingerprint density at radius 1 is 1.23 bits per heavy atom. The summed E-state index contributed by atoms with van der Waals surface area (Å²) in [5, 5.41) is 12.1. The Hall–Kier alpha value is -2.18. The van der Waals surface area contributed by atoms with Gasteiger partial charge in [-0.2, -0.15) is 0 Å². The van der Waals surface area contributed by atoms with Crippen LogP contribution in [0.25, 0.3) is 21.7 Å². The van der Waals surface area contributed by atoms with Crippen LogP contribution in [0.1, 0.15) is 42.5 Å². The molecule has 0 unspecified atom stereocenters. The van der Waals surface area contributed by atoms with E-state index in [-0.39, 0.29) is 11.5 Å². The summed E-state index contributed by atoms with van der Waals surface area (Å²) in [7, 11) is 0. The molecule has 136 valence electrons. The normalized spacial score (nSPS) is 15.5. The molecule has 4 rings (SSSR count). The molecule has 1 aromatic carbocycles. The van der Waals surface area contributed by atoms with Crippen molar-refractivity contribution in [2.24, 2.45) is 0 Å². The number of phenolic OH excluding ortho intramolecular Hbond substituents is 1. The molecular formula is C20H23N3O2S. The van der Waals surface area contributed by atoms with Crippen LogP contribution in [-0.2, 0) is 0 Å². The standard InChI is InChI=1S/C20H23N3O2S/c24-15(6-4-12-23-10-2-1-3-11-23)14-8-9-16(25)19-18(14)21-20(22-19)17-7-5-13-26-17/h5,7-9,13,25H,1-4,6,10-12H2,(H,21,22). The quantitative estimate of drug-likeness (QED) is 0.630. The molecular weight excluding hydrogens is 346 g/mol. The Morgan fingerprint density at radius 2 is 2.08 bits per heavy atom. The molecule has 3 heterocycles. The van der Waals surface area contributed by atoms with E-state index in [9.17, 15) is 9.90 Å². The molecule has 5 nitrogen and oxygen atoms in total. The van der Waals surface area contributed by atoms with Crippen LogP contribution < -0.4 is 0 Å². The zero-order valence-electron chi connectivity index (χ0n) is 14.7. The van der Waals surface area contributed by atoms with E-state index in [1.165, 1.54) is 19.3 Å². The summed E-state index contributed by atoms with van der Waals surface area (Å²) in [6.45, 7) is 3.29. The van der Waals surface area contributed by atoms with Gasteiger partial charge in [0.25, 0.3) is 0 Å². The fourth-order valence-electron chi connectivity index (χ4n) is 3.61. The third-order valence-electron chi connectivity index (χ3n) is 5.00. The van der Waals surface area contributed by atoms with E-state index >= 15 is 0 Å². The van der Waals surface area contributed by atoms with Gasteiger partial charge in [0.05, 0.1) is 4.88 Å². The Morgan fingerprint density at radius 3 is 2.85 bits per heavy atom. The number of carbonyl (C=O) groups is 1. The number of aromatic amines is 1. The van der Waals surface area contributed by atoms with E-state index < -0.39 is 0 Å². The van der Waals surface area contributed by atoms with Gasteiger partial charge in [-0.15, -0.1) is 11.3 Å². The highest BCUT2D eigenvalue weighted by molar-refractivity contribution is 7.13. The first-order chi connectivity index (χ1) is 12.7. The summed E-state index contributed by atoms with van der Waals surface area (Å²) < 4.78 is 0. The number of hydrogen-bond acceptors (Lipinski definition) is 5. The molecule has 6 heteroatoms. The zero-order chi connectivity index (χ0) is 17.9. The van der Waals surface area contributed by atoms with Gasteiger partial charge in [-0.25, -0.2) is 4.98 Å². The van der Waals surface area contributed by atoms with Gasteiger partial charge in [0.2, 0.25) is 0 Å². The van der Waals surface area contributed by atoms with E-state index in [1.54, 1.807) is 23.5 Å². The fourth-order valence-corrected chi connectivity index (χ4v) is 4.28. The Bertz CT molecular complexity index is 895. The monoisotopic (exact) mass is 369 g/mol. The second kappa shape index (κ2) is 7.60. The van der Waals surface area contributed by atoms with Crippen LogP contribution in [0.5, 0.6) is 5.75 Å². The number of aromatic hydroxyl groups is 1. The molecule has 0 radical (unpaired) electrons. The lowest BCUT2D eigenvalue weighted by atomic mass is 10.0. The summed E-state index contributed by atoms with van der Waals surface area (Å²) in [5.41, 5.74) is 1.70. The molecule has 2 N–H and O–H groups in total. The number of aromatic nitrogens is 2. The summed E-state index contributed by atoms with van der Waals surface area (Å²) in [4.78, 5) is 24.0. The minimum Gasteiger partial charge on any atom is -0.506 e. The minimum atomic E-state index is 0.0937. The molecule has 1 aliphatic rings. The number of carbonyl (C=O) groups excluding carboxylic acids is 1. The van der Waals surface area contributed by atoms with Crippen LogP contribution >= 0.6 is 11.3 Å². The van der Waals surface area contributed by atoms with E-state index in [2.05, 4.69) is 14.9 Å². The summed E-state index contributed by atoms with van der Waals surface area (Å²) in [6, 6.07) is 7.20. The second-order valence-corrected chi connectivity index (χ2v) is 7.80. The van der Waals surface area contributed by atoms with Gasteiger partial charge in [-0.05, 0) is 62.5 Å². The molecule has 1 saturated heterocycles. The van der Waals surface area contributed by atoms with E-state index in [1.807, 2.05) is 17.5 Å². The molecule has 26 heavy (non-hydrogen) atoms. The molecule has 3 aromatic rings. The maximum Gasteiger partial charge on any atom is 0.165 e. The van der Waals surface area contributed by atoms with Crippen molar-refractivity contribution in [2.45, 2.75) is 32.1 Å². The molecule has 0 bridgehead atoms. The molecule has 1 aliphatic heterocycles. The van der Waals surface area contributed by atoms with Crippen LogP contribution in [0.2, 0.25) is 0 Å². The van der Waals surface area contributed by atoms with Crippen LogP contribution in [0.3, 0.4) is 0 Å². The Balaban J connectivity index is 1.51. The number of piperidine rings is 1. The average molecular weight is 369 g/mol. The number of imidazole rings is 1. The number of H-pyrrole nitrogens is 1. The first-order valence-electron chi connectivity index (χ1n) is 9.23. The molecule has 2 aromatic heterocycles. The van der Waals surface area contributed by atoms with Gasteiger partial charge in [0.1, 0.15) is 22.6 Å². The molecule has 0 atom stereocenters. The van der Waals surface area contributed by atoms with Gasteiger partial charge < -0.3 is 15.0 Å². The Labute approximate surface area is 156 Å². The van der Waals surface area contributed by atoms with Crippen LogP contribution in [0, 0.1) is 0 Å². The van der Waals surface area contributed by atoms with Crippen molar-refractivity contribution < 1.29 is 9.90 Å². The third-order valence-corrected chi connectivity index (χ3v) is 5.88. The predicted octanol–water partition coefficient (Wildman–Crippen LogP) is 4.45. The molecule has 0 amide bonds. The van der Waals surface area contributed by atoms with Gasteiger partial charge in [0.15, 0.2) is 5.78 Å². The van der Waals surface area contributed by atoms with Crippen molar-refractivity contribution >= 4 is 28.2 Å². The van der Waals surface area contributed by atoms with E-state index in [0.29, 0.717) is 28.8 Å². The van der Waals surface area contributed by atoms with E-state index in [0.717, 1.165) is 30.9 Å². The SMILES string of the molecule is O=C(CCCN1CCCCC1)c1ccc(O)c2[nH]c(-c3cccs3)nc12. The van der Waals surface area contributed by atoms with Crippen molar-refractivity contribution in [3.05, 3.63) is 35.2 Å². The third kappa shape index (κ3) is 3.52. The van der Waals surface area contributed by atoms with Crippen molar-refractivity contribution in [1.82, 2.24) is 14.9 Å². The van der Waals surface area contributed by atoms with Crippen molar-refractivity contribution in [3.8, 4) is 16.5 Å². The molecule has 0 aliphatic carbocycles. The average Bonchev–Trinajstić information content (AvgIpc) is 3.33. The number of hydrogen-bond donors (Lipinski definition) is 2. The lowest BCUT2D eigenvalue weighted by Gasteiger charge is -2.26. The van der Waals surface area contributed by atoms with Crippen molar-refractivity contribution in [2.75, 3.05) is 19.6 Å². The van der Waals surface area contributed by atoms with Gasteiger partial charge in [-0.1, -0.05) is 12.5 Å². The smallest absolute Gasteiger partial charge is 0.165 e. The molecule has 1 fully saturated rings. The number of ketones is 1. The first-order valence-corrected chi connectivity index (χ1v) is 10.1. The highest BCUT2D eigenvalue weighted by atomic mass is 32.1. The topological polar surface area (TPSA) is 69.2 Å². The van der Waals surface area contributed by atoms with Crippen molar-refractivity contribution in [1.29, 1.82) is 0 Å². The number of nitrogens with one attached hydrogen (secondary N) is 1. The molecule has 0 saturated carbocycles. The summed E-state index contributed by atoms with van der Waals surface area (Å²) in [6.07, 6.45) is 5.24. The maximum absolute atomic E-state index is 12.8. The largest absolute Gasteiger partial charge is 0.506 e. The molecule has 0 spiro atoms. The number of likely N-dealkylation sites (tertiary alicyclic amines) is 1. The number of benzene rings is 1. The van der Waals surface area contributed by atoms with Gasteiger partial charge in [0, 0.05) is 12.0 Å². The van der Waals surface area contributed by atoms with Crippen LogP contribution in [-0.4, -0.2) is 45.4 Å².